The molecule has 0 aliphatic rings. The zero-order valence-electron chi connectivity index (χ0n) is 26.2. The Morgan fingerprint density at radius 1 is 0.404 bits per heavy atom. The van der Waals surface area contributed by atoms with Crippen LogP contribution in [-0.4, -0.2) is 75.8 Å². The fraction of sp³-hybridized carbons (Fsp3) is 0.333. The predicted molar refractivity (Wildman–Crippen MR) is 175 cm³/mol. The lowest BCUT2D eigenvalue weighted by Crippen LogP contribution is -2.39. The quantitative estimate of drug-likeness (QED) is 0.0617. The molecule has 4 aromatic carbocycles. The van der Waals surface area contributed by atoms with Gasteiger partial charge in [0.1, 0.15) is 0 Å². The summed E-state index contributed by atoms with van der Waals surface area (Å²) in [7, 11) is 0. The Kier molecular flexibility index (Phi) is 14.0. The number of hydrogen-bond donors (Lipinski definition) is 0. The van der Waals surface area contributed by atoms with Crippen LogP contribution in [-0.2, 0) is 34.9 Å². The van der Waals surface area contributed by atoms with Gasteiger partial charge in [0.05, 0.1) is 52.9 Å². The summed E-state index contributed by atoms with van der Waals surface area (Å²) in [6.45, 7) is 1.16. The Morgan fingerprint density at radius 2 is 0.638 bits per heavy atom. The molecule has 0 unspecified atom stereocenters. The van der Waals surface area contributed by atoms with E-state index in [0.29, 0.717) is 48.7 Å². The maximum Gasteiger partial charge on any atom is 0.240 e. The van der Waals surface area contributed by atoms with Crippen LogP contribution in [0.5, 0.6) is 0 Å². The average molecular weight is 645 g/mol. The molecule has 0 aliphatic carbocycles. The molecular weight excluding hydrogens is 604 g/mol. The van der Waals surface area contributed by atoms with Crippen molar-refractivity contribution in [3.8, 4) is 0 Å². The minimum Gasteiger partial charge on any atom is -0.377 e. The first kappa shape index (κ1) is 35.3. The van der Waals surface area contributed by atoms with Crippen LogP contribution in [0.1, 0.15) is 22.3 Å². The van der Waals surface area contributed by atoms with Gasteiger partial charge in [0.25, 0.3) is 0 Å². The monoisotopic (exact) mass is 644 g/mol. The smallest absolute Gasteiger partial charge is 0.240 e. The summed E-state index contributed by atoms with van der Waals surface area (Å²) >= 11 is 0. The van der Waals surface area contributed by atoms with E-state index in [2.05, 4.69) is 0 Å². The van der Waals surface area contributed by atoms with Gasteiger partial charge in [-0.1, -0.05) is 121 Å². The average Bonchev–Trinajstić information content (AvgIpc) is 3.10. The lowest BCUT2D eigenvalue weighted by molar-refractivity contribution is -0.501. The van der Waals surface area contributed by atoms with Crippen LogP contribution in [0.25, 0.3) is 0 Å². The molecule has 0 saturated heterocycles. The highest BCUT2D eigenvalue weighted by atomic mass is 16.6. The molecule has 47 heavy (non-hydrogen) atoms. The van der Waals surface area contributed by atoms with Crippen molar-refractivity contribution >= 4 is 0 Å². The van der Waals surface area contributed by atoms with Crippen molar-refractivity contribution in [2.45, 2.75) is 11.2 Å². The van der Waals surface area contributed by atoms with Crippen molar-refractivity contribution in [1.82, 2.24) is 0 Å². The fourth-order valence-electron chi connectivity index (χ4n) is 5.41. The van der Waals surface area contributed by atoms with Gasteiger partial charge in [-0.15, -0.1) is 0 Å². The largest absolute Gasteiger partial charge is 0.377 e. The van der Waals surface area contributed by atoms with Gasteiger partial charge in [-0.3, -0.25) is 20.2 Å². The van der Waals surface area contributed by atoms with Gasteiger partial charge in [-0.25, -0.2) is 0 Å². The third kappa shape index (κ3) is 10.2. The Labute approximate surface area is 274 Å². The molecule has 0 spiro atoms. The molecule has 4 aromatic rings. The van der Waals surface area contributed by atoms with Gasteiger partial charge >= 0.3 is 0 Å². The zero-order valence-corrected chi connectivity index (χ0v) is 26.2. The van der Waals surface area contributed by atoms with Crippen LogP contribution >= 0.6 is 0 Å². The van der Waals surface area contributed by atoms with E-state index in [1.165, 1.54) is 0 Å². The molecule has 0 fully saturated rings. The molecule has 248 valence electrons. The Hall–Kier alpha value is -4.52. The summed E-state index contributed by atoms with van der Waals surface area (Å²) in [5.74, 6) is 0. The molecule has 0 bridgehead atoms. The van der Waals surface area contributed by atoms with E-state index in [9.17, 15) is 20.2 Å². The minimum absolute atomic E-state index is 0.143. The van der Waals surface area contributed by atoms with Crippen molar-refractivity contribution < 1.29 is 33.5 Å². The second kappa shape index (κ2) is 18.6. The highest BCUT2D eigenvalue weighted by Gasteiger charge is 2.42. The SMILES string of the molecule is O=[N+]([O-])CC(OCCOCCOCCOCCOC(C[N+](=O)[O-])(c1ccccc1)c1ccccc1)(c1ccccc1)c1ccccc1. The Balaban J connectivity index is 1.17. The molecular formula is C36H40N2O9. The van der Waals surface area contributed by atoms with Crippen molar-refractivity contribution in [2.24, 2.45) is 0 Å². The first-order valence-corrected chi connectivity index (χ1v) is 15.4. The van der Waals surface area contributed by atoms with E-state index in [1.54, 1.807) is 0 Å². The van der Waals surface area contributed by atoms with Gasteiger partial charge in [0.2, 0.25) is 13.1 Å². The van der Waals surface area contributed by atoms with Crippen molar-refractivity contribution in [3.63, 3.8) is 0 Å². The summed E-state index contributed by atoms with van der Waals surface area (Å²) in [4.78, 5) is 22.7. The van der Waals surface area contributed by atoms with Crippen LogP contribution in [0.4, 0.5) is 0 Å². The van der Waals surface area contributed by atoms with Gasteiger partial charge in [0.15, 0.2) is 11.2 Å². The first-order valence-electron chi connectivity index (χ1n) is 15.4. The number of ether oxygens (including phenoxy) is 5. The molecule has 0 aliphatic heterocycles. The van der Waals surface area contributed by atoms with Crippen molar-refractivity contribution in [2.75, 3.05) is 65.9 Å². The summed E-state index contributed by atoms with van der Waals surface area (Å²) < 4.78 is 29.4. The number of hydrogen-bond acceptors (Lipinski definition) is 9. The van der Waals surface area contributed by atoms with Crippen LogP contribution in [0.15, 0.2) is 121 Å². The molecule has 0 heterocycles. The topological polar surface area (TPSA) is 132 Å². The molecule has 0 radical (unpaired) electrons. The standard InChI is InChI=1S/C36H40N2O9/c39-37(40)29-35(31-13-5-1-6-14-31,32-15-7-2-8-16-32)46-27-25-44-23-21-43-22-24-45-26-28-47-36(30-38(41)42,33-17-9-3-10-18-33)34-19-11-4-12-20-34/h1-20H,21-30H2. The van der Waals surface area contributed by atoms with E-state index >= 15 is 0 Å². The van der Waals surface area contributed by atoms with E-state index in [4.69, 9.17) is 23.7 Å². The van der Waals surface area contributed by atoms with Gasteiger partial charge in [-0.2, -0.15) is 0 Å². The summed E-state index contributed by atoms with van der Waals surface area (Å²) in [6.07, 6.45) is 0. The first-order chi connectivity index (χ1) is 23.0. The third-order valence-electron chi connectivity index (χ3n) is 7.56. The summed E-state index contributed by atoms with van der Waals surface area (Å²) in [6, 6.07) is 36.7. The van der Waals surface area contributed by atoms with Gasteiger partial charge in [-0.05, 0) is 22.3 Å². The highest BCUT2D eigenvalue weighted by Crippen LogP contribution is 2.35. The molecule has 0 amide bonds. The van der Waals surface area contributed by atoms with E-state index in [-0.39, 0.29) is 36.3 Å². The summed E-state index contributed by atoms with van der Waals surface area (Å²) in [5.41, 5.74) is 0.275. The second-order valence-electron chi connectivity index (χ2n) is 10.6. The number of nitro groups is 2. The third-order valence-corrected chi connectivity index (χ3v) is 7.56. The molecule has 11 heteroatoms. The minimum atomic E-state index is -1.25. The molecule has 11 nitrogen and oxygen atoms in total. The molecule has 0 aromatic heterocycles. The normalized spacial score (nSPS) is 11.7. The lowest BCUT2D eigenvalue weighted by Gasteiger charge is -2.31. The number of nitrogens with zero attached hydrogens (tertiary/aromatic N) is 2. The molecule has 0 N–H and O–H groups in total. The van der Waals surface area contributed by atoms with Crippen LogP contribution in [0, 0.1) is 20.2 Å². The predicted octanol–water partition coefficient (Wildman–Crippen LogP) is 5.51. The van der Waals surface area contributed by atoms with Crippen LogP contribution in [0.2, 0.25) is 0 Å². The molecule has 4 rings (SSSR count). The Morgan fingerprint density at radius 3 is 0.872 bits per heavy atom. The highest BCUT2D eigenvalue weighted by molar-refractivity contribution is 5.38. The summed E-state index contributed by atoms with van der Waals surface area (Å²) in [5, 5.41) is 23.4. The number of rotatable bonds is 22. The van der Waals surface area contributed by atoms with Crippen LogP contribution < -0.4 is 0 Å². The maximum atomic E-state index is 11.7. The van der Waals surface area contributed by atoms with Gasteiger partial charge < -0.3 is 23.7 Å². The molecule has 0 atom stereocenters. The van der Waals surface area contributed by atoms with Crippen molar-refractivity contribution in [3.05, 3.63) is 164 Å². The second-order valence-corrected chi connectivity index (χ2v) is 10.6. The number of benzene rings is 4. The lowest BCUT2D eigenvalue weighted by atomic mass is 9.86. The van der Waals surface area contributed by atoms with E-state index in [0.717, 1.165) is 0 Å². The van der Waals surface area contributed by atoms with E-state index in [1.807, 2.05) is 121 Å². The van der Waals surface area contributed by atoms with Crippen LogP contribution in [0.3, 0.4) is 0 Å². The fourth-order valence-corrected chi connectivity index (χ4v) is 5.41. The van der Waals surface area contributed by atoms with Crippen molar-refractivity contribution in [1.29, 1.82) is 0 Å². The van der Waals surface area contributed by atoms with E-state index < -0.39 is 24.3 Å². The molecule has 0 saturated carbocycles. The Bertz CT molecular complexity index is 1280. The maximum absolute atomic E-state index is 11.7. The van der Waals surface area contributed by atoms with Gasteiger partial charge in [0, 0.05) is 9.85 Å². The zero-order chi connectivity index (χ0) is 33.2.